The number of hydrogen-bond acceptors (Lipinski definition) is 2. The maximum absolute atomic E-state index is 2.37. The molecule has 5 rings (SSSR count). The second-order valence-electron chi connectivity index (χ2n) is 10.5. The molecule has 0 aliphatic heterocycles. The average Bonchev–Trinajstić information content (AvgIpc) is 3.46. The Morgan fingerprint density at radius 3 is 1.08 bits per heavy atom. The van der Waals surface area contributed by atoms with Gasteiger partial charge in [-0.2, -0.15) is 0 Å². The molecular formula is C34H46S2. The molecule has 0 bridgehead atoms. The Balaban J connectivity index is 0.000000175. The minimum absolute atomic E-state index is 1.02. The van der Waals surface area contributed by atoms with E-state index in [1.807, 2.05) is 22.7 Å². The topological polar surface area (TPSA) is 0 Å². The molecule has 0 amide bonds. The second-order valence-corrected chi connectivity index (χ2v) is 13.2. The molecular weight excluding hydrogens is 473 g/mol. The van der Waals surface area contributed by atoms with Crippen LogP contribution in [0.25, 0.3) is 10.4 Å². The van der Waals surface area contributed by atoms with Gasteiger partial charge in [0.05, 0.1) is 0 Å². The number of thiophene rings is 2. The van der Waals surface area contributed by atoms with Gasteiger partial charge in [0.25, 0.3) is 0 Å². The average molecular weight is 519 g/mol. The predicted octanol–water partition coefficient (Wildman–Crippen LogP) is 11.5. The zero-order chi connectivity index (χ0) is 26.5. The van der Waals surface area contributed by atoms with E-state index in [4.69, 9.17) is 0 Å². The highest BCUT2D eigenvalue weighted by Crippen LogP contribution is 2.28. The summed E-state index contributed by atoms with van der Waals surface area (Å²) >= 11 is 3.69. The third-order valence-electron chi connectivity index (χ3n) is 6.47. The lowest BCUT2D eigenvalue weighted by Crippen LogP contribution is -2.08. The molecule has 4 aromatic rings. The summed E-state index contributed by atoms with van der Waals surface area (Å²) in [5.41, 5.74) is 5.30. The summed E-state index contributed by atoms with van der Waals surface area (Å²) in [5.74, 6) is 2.04. The Kier molecular flexibility index (Phi) is 13.2. The van der Waals surface area contributed by atoms with Crippen molar-refractivity contribution in [3.8, 4) is 10.4 Å². The first kappa shape index (κ1) is 30.1. The molecule has 2 aromatic carbocycles. The van der Waals surface area contributed by atoms with E-state index in [9.17, 15) is 0 Å². The molecule has 194 valence electrons. The number of hydrogen-bond donors (Lipinski definition) is 0. The van der Waals surface area contributed by atoms with Crippen LogP contribution in [-0.4, -0.2) is 0 Å². The van der Waals surface area contributed by atoms with Crippen LogP contribution >= 0.6 is 22.7 Å². The van der Waals surface area contributed by atoms with Crippen molar-refractivity contribution in [1.29, 1.82) is 0 Å². The molecule has 0 nitrogen and oxygen atoms in total. The van der Waals surface area contributed by atoms with Crippen LogP contribution in [0.5, 0.6) is 0 Å². The van der Waals surface area contributed by atoms with Crippen molar-refractivity contribution in [2.45, 2.75) is 81.1 Å². The van der Waals surface area contributed by atoms with Crippen LogP contribution in [0.2, 0.25) is 0 Å². The Morgan fingerprint density at radius 2 is 0.778 bits per heavy atom. The van der Waals surface area contributed by atoms with Gasteiger partial charge in [0.1, 0.15) is 0 Å². The fourth-order valence-corrected chi connectivity index (χ4v) is 5.58. The van der Waals surface area contributed by atoms with Crippen molar-refractivity contribution in [3.63, 3.8) is 0 Å². The molecule has 2 heteroatoms. The first-order valence-electron chi connectivity index (χ1n) is 13.3. The van der Waals surface area contributed by atoms with Crippen LogP contribution in [0.1, 0.15) is 70.9 Å². The summed E-state index contributed by atoms with van der Waals surface area (Å²) in [4.78, 5) is 5.53. The molecule has 2 heterocycles. The van der Waals surface area contributed by atoms with Crippen molar-refractivity contribution < 1.29 is 0 Å². The summed E-state index contributed by atoms with van der Waals surface area (Å²) in [5, 5.41) is 0. The Bertz CT molecular complexity index is 1060. The molecule has 0 radical (unpaired) electrons. The molecule has 36 heavy (non-hydrogen) atoms. The molecule has 0 saturated heterocycles. The van der Waals surface area contributed by atoms with Crippen LogP contribution < -0.4 is 0 Å². The SMILES string of the molecule is CC1CCC(C)CC1.Cc1ccc(-c2ccc(C)s2)cc1.Cc1ccc(C)cc1.Cc1ccc(C)s1. The fourth-order valence-electron chi connectivity index (χ4n) is 3.93. The van der Waals surface area contributed by atoms with Crippen LogP contribution in [-0.2, 0) is 0 Å². The van der Waals surface area contributed by atoms with Gasteiger partial charge in [-0.05, 0) is 83.2 Å². The predicted molar refractivity (Wildman–Crippen MR) is 166 cm³/mol. The highest BCUT2D eigenvalue weighted by atomic mass is 32.1. The van der Waals surface area contributed by atoms with Gasteiger partial charge in [0, 0.05) is 19.5 Å². The highest BCUT2D eigenvalue weighted by Gasteiger charge is 2.13. The standard InChI is InChI=1S/C12H12S.C8H16.C8H10.C6H8S/c1-9-3-6-11(7-4-9)12-8-5-10(2)13-12;2*1-7-3-5-8(2)6-4-7;1-5-3-4-6(2)7-5/h3-8H,1-2H3;7-8H,3-6H2,1-2H3;3-6H,1-2H3;3-4H,1-2H3. The minimum atomic E-state index is 1.02. The van der Waals surface area contributed by atoms with Crippen molar-refractivity contribution >= 4 is 22.7 Å². The van der Waals surface area contributed by atoms with E-state index in [2.05, 4.69) is 128 Å². The third-order valence-corrected chi connectivity index (χ3v) is 8.44. The lowest BCUT2D eigenvalue weighted by atomic mass is 9.84. The molecule has 0 atom stereocenters. The largest absolute Gasteiger partial charge is 0.146 e. The third kappa shape index (κ3) is 12.2. The Hall–Kier alpha value is -2.16. The van der Waals surface area contributed by atoms with E-state index < -0.39 is 0 Å². The van der Waals surface area contributed by atoms with Crippen LogP contribution in [0.3, 0.4) is 0 Å². The van der Waals surface area contributed by atoms with Gasteiger partial charge < -0.3 is 0 Å². The lowest BCUT2D eigenvalue weighted by Gasteiger charge is -2.22. The zero-order valence-electron chi connectivity index (χ0n) is 23.7. The van der Waals surface area contributed by atoms with E-state index in [1.54, 1.807) is 0 Å². The molecule has 2 aromatic heterocycles. The second kappa shape index (κ2) is 15.8. The summed E-state index contributed by atoms with van der Waals surface area (Å²) in [6.45, 7) is 17.4. The molecule has 1 saturated carbocycles. The molecule has 1 aliphatic carbocycles. The maximum Gasteiger partial charge on any atom is 0.0345 e. The number of benzene rings is 2. The Morgan fingerprint density at radius 1 is 0.444 bits per heavy atom. The normalized spacial score (nSPS) is 16.4. The molecule has 0 N–H and O–H groups in total. The van der Waals surface area contributed by atoms with Gasteiger partial charge in [-0.25, -0.2) is 0 Å². The van der Waals surface area contributed by atoms with E-state index in [0.29, 0.717) is 0 Å². The zero-order valence-corrected chi connectivity index (χ0v) is 25.4. The fraction of sp³-hybridized carbons (Fsp3) is 0.412. The summed E-state index contributed by atoms with van der Waals surface area (Å²) in [7, 11) is 0. The van der Waals surface area contributed by atoms with E-state index in [1.165, 1.54) is 67.4 Å². The Labute approximate surface area is 229 Å². The molecule has 0 spiro atoms. The van der Waals surface area contributed by atoms with Gasteiger partial charge in [0.15, 0.2) is 0 Å². The van der Waals surface area contributed by atoms with Crippen molar-refractivity contribution in [1.82, 2.24) is 0 Å². The summed E-state index contributed by atoms with van der Waals surface area (Å²) < 4.78 is 0. The van der Waals surface area contributed by atoms with Gasteiger partial charge >= 0.3 is 0 Å². The monoisotopic (exact) mass is 518 g/mol. The number of rotatable bonds is 1. The quantitative estimate of drug-likeness (QED) is 0.235. The van der Waals surface area contributed by atoms with Gasteiger partial charge in [-0.1, -0.05) is 105 Å². The van der Waals surface area contributed by atoms with Crippen molar-refractivity contribution in [2.24, 2.45) is 11.8 Å². The first-order valence-corrected chi connectivity index (χ1v) is 15.0. The summed E-state index contributed by atoms with van der Waals surface area (Å²) in [6.07, 6.45) is 5.89. The first-order chi connectivity index (χ1) is 17.1. The summed E-state index contributed by atoms with van der Waals surface area (Å²) in [6, 6.07) is 25.8. The highest BCUT2D eigenvalue weighted by molar-refractivity contribution is 7.15. The smallest absolute Gasteiger partial charge is 0.0345 e. The van der Waals surface area contributed by atoms with Gasteiger partial charge in [-0.3, -0.25) is 0 Å². The molecule has 0 unspecified atom stereocenters. The van der Waals surface area contributed by atoms with Crippen molar-refractivity contribution in [2.75, 3.05) is 0 Å². The van der Waals surface area contributed by atoms with Crippen LogP contribution in [0.15, 0.2) is 72.8 Å². The molecule has 1 aliphatic rings. The van der Waals surface area contributed by atoms with Gasteiger partial charge in [-0.15, -0.1) is 22.7 Å². The van der Waals surface area contributed by atoms with Crippen LogP contribution in [0, 0.1) is 53.4 Å². The van der Waals surface area contributed by atoms with E-state index in [0.717, 1.165) is 11.8 Å². The minimum Gasteiger partial charge on any atom is -0.146 e. The van der Waals surface area contributed by atoms with Crippen molar-refractivity contribution in [3.05, 3.63) is 104 Å². The van der Waals surface area contributed by atoms with Gasteiger partial charge in [0.2, 0.25) is 0 Å². The van der Waals surface area contributed by atoms with E-state index >= 15 is 0 Å². The van der Waals surface area contributed by atoms with Crippen LogP contribution in [0.4, 0.5) is 0 Å². The lowest BCUT2D eigenvalue weighted by molar-refractivity contribution is 0.308. The maximum atomic E-state index is 2.37. The van der Waals surface area contributed by atoms with E-state index in [-0.39, 0.29) is 0 Å². The number of aryl methyl sites for hydroxylation is 6. The molecule has 1 fully saturated rings.